The standard InChI is InChI=1S/C3H5.ClH.Pt/c1-3-2;;/h3H,1-2H2;1H;/q-1;;+2/p-1. The molecular formula is C3H5ClPt. The van der Waals surface area contributed by atoms with Crippen molar-refractivity contribution in [3.05, 3.63) is 19.6 Å². The third-order valence-electron chi connectivity index (χ3n) is 0. The summed E-state index contributed by atoms with van der Waals surface area (Å²) in [4.78, 5) is 0. The molecule has 0 fully saturated rings. The van der Waals surface area contributed by atoms with E-state index in [0.29, 0.717) is 0 Å². The van der Waals surface area contributed by atoms with Crippen molar-refractivity contribution in [2.75, 3.05) is 0 Å². The first kappa shape index (κ1) is 9.14. The fraction of sp³-hybridized carbons (Fsp3) is 0. The minimum absolute atomic E-state index is 1.50. The normalized spacial score (nSPS) is 3.80. The summed E-state index contributed by atoms with van der Waals surface area (Å²) in [5.74, 6) is 0. The van der Waals surface area contributed by atoms with Gasteiger partial charge in [0.15, 0.2) is 0 Å². The van der Waals surface area contributed by atoms with Gasteiger partial charge in [0.25, 0.3) is 0 Å². The Labute approximate surface area is 48.0 Å². The van der Waals surface area contributed by atoms with Gasteiger partial charge in [-0.25, -0.2) is 19.6 Å². The van der Waals surface area contributed by atoms with Crippen molar-refractivity contribution in [1.82, 2.24) is 0 Å². The number of hydrogen-bond acceptors (Lipinski definition) is 0. The van der Waals surface area contributed by atoms with Gasteiger partial charge in [-0.3, -0.25) is 0 Å². The van der Waals surface area contributed by atoms with Crippen LogP contribution in [0.2, 0.25) is 0 Å². The van der Waals surface area contributed by atoms with Crippen molar-refractivity contribution < 1.29 is 18.8 Å². The van der Waals surface area contributed by atoms with Crippen LogP contribution in [0.5, 0.6) is 0 Å². The maximum absolute atomic E-state index is 4.61. The third kappa shape index (κ3) is 88.8. The van der Waals surface area contributed by atoms with Gasteiger partial charge in [-0.05, 0) is 0 Å². The Morgan fingerprint density at radius 3 is 1.80 bits per heavy atom. The molecule has 0 spiro atoms. The summed E-state index contributed by atoms with van der Waals surface area (Å²) in [6, 6.07) is 0. The van der Waals surface area contributed by atoms with Crippen molar-refractivity contribution in [2.45, 2.75) is 0 Å². The van der Waals surface area contributed by atoms with Crippen molar-refractivity contribution >= 4 is 9.42 Å². The molecule has 0 N–H and O–H groups in total. The fourth-order valence-corrected chi connectivity index (χ4v) is 0. The molecule has 0 saturated carbocycles. The molecule has 0 saturated heterocycles. The number of allylic oxidation sites excluding steroid dienone is 1. The average molecular weight is 272 g/mol. The van der Waals surface area contributed by atoms with Crippen molar-refractivity contribution in [1.29, 1.82) is 0 Å². The van der Waals surface area contributed by atoms with Gasteiger partial charge in [-0.2, -0.15) is 0 Å². The van der Waals surface area contributed by atoms with Crippen LogP contribution in [-0.2, 0) is 18.8 Å². The summed E-state index contributed by atoms with van der Waals surface area (Å²) in [6.45, 7) is 6.50. The van der Waals surface area contributed by atoms with Crippen LogP contribution in [0.4, 0.5) is 0 Å². The summed E-state index contributed by atoms with van der Waals surface area (Å²) >= 11 is 1.61. The van der Waals surface area contributed by atoms with E-state index in [2.05, 4.69) is 22.9 Å². The molecule has 5 heavy (non-hydrogen) atoms. The summed E-state index contributed by atoms with van der Waals surface area (Å²) in [5, 5.41) is 0. The zero-order valence-corrected chi connectivity index (χ0v) is 5.71. The molecule has 0 aliphatic carbocycles. The van der Waals surface area contributed by atoms with Crippen molar-refractivity contribution in [3.8, 4) is 0 Å². The molecule has 0 nitrogen and oxygen atoms in total. The van der Waals surface area contributed by atoms with Crippen LogP contribution < -0.4 is 0 Å². The Kier molecular flexibility index (Phi) is 42.8. The second-order valence-corrected chi connectivity index (χ2v) is 0.289. The molecule has 0 aliphatic rings. The van der Waals surface area contributed by atoms with Crippen LogP contribution in [0.3, 0.4) is 0 Å². The topological polar surface area (TPSA) is 0 Å². The zero-order chi connectivity index (χ0) is 4.71. The van der Waals surface area contributed by atoms with Crippen LogP contribution in [0.15, 0.2) is 12.7 Å². The summed E-state index contributed by atoms with van der Waals surface area (Å²) in [7, 11) is 4.61. The molecule has 0 amide bonds. The van der Waals surface area contributed by atoms with Gasteiger partial charge in [-0.15, -0.1) is 0 Å². The molecule has 0 aromatic carbocycles. The molecule has 0 atom stereocenters. The van der Waals surface area contributed by atoms with E-state index >= 15 is 0 Å². The Hall–Kier alpha value is 0.588. The summed E-state index contributed by atoms with van der Waals surface area (Å²) in [6.07, 6.45) is 1.50. The van der Waals surface area contributed by atoms with Gasteiger partial charge in [0.2, 0.25) is 0 Å². The van der Waals surface area contributed by atoms with E-state index < -0.39 is 0 Å². The van der Waals surface area contributed by atoms with E-state index in [1.54, 1.807) is 18.8 Å². The van der Waals surface area contributed by atoms with Gasteiger partial charge in [0.05, 0.1) is 0 Å². The first-order valence-corrected chi connectivity index (χ1v) is 3.75. The van der Waals surface area contributed by atoms with Gasteiger partial charge < -0.3 is 0 Å². The second kappa shape index (κ2) is 23.4. The van der Waals surface area contributed by atoms with Gasteiger partial charge in [0.1, 0.15) is 0 Å². The molecule has 0 aliphatic heterocycles. The molecule has 2 heteroatoms. The number of halogens is 1. The van der Waals surface area contributed by atoms with E-state index in [1.807, 2.05) is 0 Å². The second-order valence-electron chi connectivity index (χ2n) is 0.289. The molecule has 34 valence electrons. The van der Waals surface area contributed by atoms with E-state index in [9.17, 15) is 0 Å². The Morgan fingerprint density at radius 2 is 1.80 bits per heavy atom. The molecule has 0 aromatic rings. The van der Waals surface area contributed by atoms with Gasteiger partial charge in [-0.1, -0.05) is 0 Å². The predicted molar refractivity (Wildman–Crippen MR) is 21.4 cm³/mol. The quantitative estimate of drug-likeness (QED) is 0.588. The molecule has 0 rings (SSSR count). The third-order valence-corrected chi connectivity index (χ3v) is 0. The van der Waals surface area contributed by atoms with Crippen LogP contribution in [-0.4, -0.2) is 0 Å². The molecule has 0 unspecified atom stereocenters. The Bertz CT molecular complexity index is 14.4. The first-order valence-electron chi connectivity index (χ1n) is 0.936. The Balaban J connectivity index is 0. The van der Waals surface area contributed by atoms with Gasteiger partial charge >= 0.3 is 28.2 Å². The SMILES string of the molecule is C=C[CH2-].[Cl][Pt+]. The number of rotatable bonds is 0. The van der Waals surface area contributed by atoms with Crippen molar-refractivity contribution in [3.63, 3.8) is 0 Å². The Morgan fingerprint density at radius 1 is 1.80 bits per heavy atom. The fourth-order valence-electron chi connectivity index (χ4n) is 0. The van der Waals surface area contributed by atoms with Crippen LogP contribution in [0.25, 0.3) is 0 Å². The van der Waals surface area contributed by atoms with Crippen LogP contribution in [0, 0.1) is 6.92 Å². The van der Waals surface area contributed by atoms with Crippen LogP contribution in [0.1, 0.15) is 0 Å². The molecule has 0 heterocycles. The van der Waals surface area contributed by atoms with Gasteiger partial charge in [0, 0.05) is 0 Å². The minimum atomic E-state index is 1.50. The van der Waals surface area contributed by atoms with E-state index in [-0.39, 0.29) is 0 Å². The average Bonchev–Trinajstić information content (AvgIpc) is 1.46. The molecular weight excluding hydrogens is 267 g/mol. The maximum atomic E-state index is 4.61. The summed E-state index contributed by atoms with van der Waals surface area (Å²) < 4.78 is 0. The number of hydrogen-bond donors (Lipinski definition) is 0. The van der Waals surface area contributed by atoms with E-state index in [0.717, 1.165) is 0 Å². The predicted octanol–water partition coefficient (Wildman–Crippen LogP) is 1.69. The zero-order valence-electron chi connectivity index (χ0n) is 2.69. The first-order chi connectivity index (χ1) is 2.41. The van der Waals surface area contributed by atoms with E-state index in [4.69, 9.17) is 0 Å². The molecule has 0 bridgehead atoms. The van der Waals surface area contributed by atoms with Crippen LogP contribution >= 0.6 is 9.42 Å². The van der Waals surface area contributed by atoms with E-state index in [1.165, 1.54) is 6.08 Å². The molecule has 0 radical (unpaired) electrons. The monoisotopic (exact) mass is 271 g/mol. The summed E-state index contributed by atoms with van der Waals surface area (Å²) in [5.41, 5.74) is 0. The molecule has 0 aromatic heterocycles. The van der Waals surface area contributed by atoms with Crippen molar-refractivity contribution in [2.24, 2.45) is 0 Å².